The number of fused-ring (bicyclic) bond motifs is 5. The monoisotopic (exact) mass is 404 g/mol. The zero-order valence-corrected chi connectivity index (χ0v) is 19.1. The first-order chi connectivity index (χ1) is 13.7. The lowest BCUT2D eigenvalue weighted by molar-refractivity contribution is -0.0971. The van der Waals surface area contributed by atoms with Crippen LogP contribution in [-0.4, -0.2) is 33.6 Å². The molecule has 0 aromatic rings. The van der Waals surface area contributed by atoms with Gasteiger partial charge in [-0.3, -0.25) is 0 Å². The fraction of sp³-hybridized carbons (Fsp3) is 0.923. The van der Waals surface area contributed by atoms with Crippen LogP contribution in [0.5, 0.6) is 0 Å². The minimum Gasteiger partial charge on any atom is -0.393 e. The summed E-state index contributed by atoms with van der Waals surface area (Å²) in [6, 6.07) is 0. The van der Waals surface area contributed by atoms with Crippen molar-refractivity contribution in [3.05, 3.63) is 11.6 Å². The third-order valence-electron chi connectivity index (χ3n) is 10.00. The Balaban J connectivity index is 1.51. The Hall–Kier alpha value is -0.380. The van der Waals surface area contributed by atoms with Gasteiger partial charge in [0, 0.05) is 0 Å². The molecule has 9 atom stereocenters. The minimum absolute atomic E-state index is 0.141. The van der Waals surface area contributed by atoms with Crippen molar-refractivity contribution >= 4 is 0 Å². The molecular formula is C26H44O3. The molecule has 29 heavy (non-hydrogen) atoms. The number of hydrogen-bond donors (Lipinski definition) is 3. The second-order valence-corrected chi connectivity index (χ2v) is 11.9. The summed E-state index contributed by atoms with van der Waals surface area (Å²) in [5, 5.41) is 32.0. The first-order valence-corrected chi connectivity index (χ1v) is 12.4. The van der Waals surface area contributed by atoms with Crippen LogP contribution in [0.3, 0.4) is 0 Å². The predicted molar refractivity (Wildman–Crippen MR) is 117 cm³/mol. The van der Waals surface area contributed by atoms with Gasteiger partial charge >= 0.3 is 0 Å². The number of aliphatic hydroxyl groups is 3. The summed E-state index contributed by atoms with van der Waals surface area (Å²) in [6.45, 7) is 9.27. The molecule has 0 spiro atoms. The smallest absolute Gasteiger partial charge is 0.0832 e. The molecule has 0 amide bonds. The van der Waals surface area contributed by atoms with Gasteiger partial charge in [-0.15, -0.1) is 0 Å². The van der Waals surface area contributed by atoms with Gasteiger partial charge in [0.1, 0.15) is 0 Å². The van der Waals surface area contributed by atoms with Crippen molar-refractivity contribution in [2.24, 2.45) is 40.4 Å². The van der Waals surface area contributed by atoms with Gasteiger partial charge in [0.25, 0.3) is 0 Å². The van der Waals surface area contributed by atoms with Crippen LogP contribution in [0.2, 0.25) is 0 Å². The Morgan fingerprint density at radius 2 is 1.76 bits per heavy atom. The van der Waals surface area contributed by atoms with E-state index in [-0.39, 0.29) is 22.9 Å². The maximum Gasteiger partial charge on any atom is 0.0832 e. The number of rotatable bonds is 5. The number of allylic oxidation sites excluding steroid dienone is 1. The van der Waals surface area contributed by atoms with Crippen LogP contribution in [-0.2, 0) is 0 Å². The van der Waals surface area contributed by atoms with Gasteiger partial charge in [-0.1, -0.05) is 39.3 Å². The molecule has 0 radical (unpaired) electrons. The van der Waals surface area contributed by atoms with Crippen molar-refractivity contribution in [3.8, 4) is 0 Å². The van der Waals surface area contributed by atoms with Gasteiger partial charge < -0.3 is 15.3 Å². The minimum atomic E-state index is -0.578. The second kappa shape index (κ2) is 7.95. The number of aliphatic hydroxyl groups excluding tert-OH is 3. The molecule has 0 bridgehead atoms. The maximum absolute atomic E-state index is 11.1. The SMILES string of the molecule is CC(C)CCC(O)C(O)C1CCC2C3CC=C4CC(O)CCC4(C)C3CCC12C. The topological polar surface area (TPSA) is 60.7 Å². The van der Waals surface area contributed by atoms with E-state index in [0.29, 0.717) is 24.2 Å². The highest BCUT2D eigenvalue weighted by Gasteiger charge is 2.59. The van der Waals surface area contributed by atoms with E-state index in [1.54, 1.807) is 0 Å². The van der Waals surface area contributed by atoms with E-state index in [4.69, 9.17) is 0 Å². The van der Waals surface area contributed by atoms with Crippen LogP contribution in [0.25, 0.3) is 0 Å². The molecule has 0 aromatic carbocycles. The molecule has 3 N–H and O–H groups in total. The molecule has 0 heterocycles. The van der Waals surface area contributed by atoms with Crippen molar-refractivity contribution in [1.82, 2.24) is 0 Å². The molecule has 0 saturated heterocycles. The van der Waals surface area contributed by atoms with Crippen LogP contribution in [0.1, 0.15) is 91.9 Å². The first-order valence-electron chi connectivity index (χ1n) is 12.4. The lowest BCUT2D eigenvalue weighted by Gasteiger charge is -2.58. The summed E-state index contributed by atoms with van der Waals surface area (Å²) in [7, 11) is 0. The molecule has 4 rings (SSSR count). The van der Waals surface area contributed by atoms with E-state index in [2.05, 4.69) is 33.8 Å². The van der Waals surface area contributed by atoms with Crippen molar-refractivity contribution in [1.29, 1.82) is 0 Å². The Bertz CT molecular complexity index is 627. The summed E-state index contributed by atoms with van der Waals surface area (Å²) in [5.74, 6) is 2.91. The summed E-state index contributed by atoms with van der Waals surface area (Å²) in [4.78, 5) is 0. The summed E-state index contributed by atoms with van der Waals surface area (Å²) in [5.41, 5.74) is 1.96. The van der Waals surface area contributed by atoms with Crippen LogP contribution in [0.4, 0.5) is 0 Å². The average Bonchev–Trinajstić information content (AvgIpc) is 3.03. The van der Waals surface area contributed by atoms with Crippen molar-refractivity contribution < 1.29 is 15.3 Å². The summed E-state index contributed by atoms with van der Waals surface area (Å²) >= 11 is 0. The quantitative estimate of drug-likeness (QED) is 0.560. The van der Waals surface area contributed by atoms with E-state index in [0.717, 1.165) is 44.4 Å². The Morgan fingerprint density at radius 3 is 2.48 bits per heavy atom. The zero-order valence-electron chi connectivity index (χ0n) is 19.1. The van der Waals surface area contributed by atoms with E-state index >= 15 is 0 Å². The molecule has 4 aliphatic carbocycles. The van der Waals surface area contributed by atoms with E-state index in [1.165, 1.54) is 24.8 Å². The van der Waals surface area contributed by atoms with Crippen molar-refractivity contribution in [3.63, 3.8) is 0 Å². The third kappa shape index (κ3) is 3.64. The highest BCUT2D eigenvalue weighted by molar-refractivity contribution is 5.25. The average molecular weight is 405 g/mol. The Morgan fingerprint density at radius 1 is 1.00 bits per heavy atom. The fourth-order valence-corrected chi connectivity index (χ4v) is 8.19. The van der Waals surface area contributed by atoms with Crippen LogP contribution in [0.15, 0.2) is 11.6 Å². The molecule has 0 aliphatic heterocycles. The molecule has 9 unspecified atom stereocenters. The van der Waals surface area contributed by atoms with E-state index < -0.39 is 12.2 Å². The first kappa shape index (κ1) is 21.8. The lowest BCUT2D eigenvalue weighted by atomic mass is 9.47. The highest BCUT2D eigenvalue weighted by atomic mass is 16.3. The van der Waals surface area contributed by atoms with Gasteiger partial charge in [0.15, 0.2) is 0 Å². The van der Waals surface area contributed by atoms with Crippen molar-refractivity contribution in [2.45, 2.75) is 110 Å². The normalized spacial score (nSPS) is 46.5. The standard InChI is InChI=1S/C26H44O3/c1-16(2)5-10-23(28)24(29)22-9-8-20-19-7-6-17-15-18(27)11-13-25(17,3)21(19)12-14-26(20,22)4/h6,16,18-24,27-29H,5,7-15H2,1-4H3. The third-order valence-corrected chi connectivity index (χ3v) is 10.00. The Labute approximate surface area is 178 Å². The maximum atomic E-state index is 11.1. The van der Waals surface area contributed by atoms with E-state index in [1.807, 2.05) is 0 Å². The summed E-state index contributed by atoms with van der Waals surface area (Å²) < 4.78 is 0. The van der Waals surface area contributed by atoms with Gasteiger partial charge in [0.2, 0.25) is 0 Å². The number of hydrogen-bond acceptors (Lipinski definition) is 3. The lowest BCUT2D eigenvalue weighted by Crippen LogP contribution is -2.52. The van der Waals surface area contributed by atoms with Crippen LogP contribution in [0, 0.1) is 40.4 Å². The predicted octanol–water partition coefficient (Wildman–Crippen LogP) is 5.08. The molecule has 166 valence electrons. The van der Waals surface area contributed by atoms with Crippen LogP contribution < -0.4 is 0 Å². The highest BCUT2D eigenvalue weighted by Crippen LogP contribution is 2.66. The van der Waals surface area contributed by atoms with Gasteiger partial charge in [-0.2, -0.15) is 0 Å². The van der Waals surface area contributed by atoms with E-state index in [9.17, 15) is 15.3 Å². The fourth-order valence-electron chi connectivity index (χ4n) is 8.19. The van der Waals surface area contributed by atoms with Crippen LogP contribution >= 0.6 is 0 Å². The zero-order chi connectivity index (χ0) is 21.0. The Kier molecular flexibility index (Phi) is 5.99. The summed E-state index contributed by atoms with van der Waals surface area (Å²) in [6.07, 6.45) is 11.7. The van der Waals surface area contributed by atoms with Gasteiger partial charge in [0.05, 0.1) is 18.3 Å². The molecule has 3 nitrogen and oxygen atoms in total. The molecular weight excluding hydrogens is 360 g/mol. The van der Waals surface area contributed by atoms with Gasteiger partial charge in [-0.25, -0.2) is 0 Å². The van der Waals surface area contributed by atoms with Crippen molar-refractivity contribution in [2.75, 3.05) is 0 Å². The second-order valence-electron chi connectivity index (χ2n) is 11.9. The molecule has 3 saturated carbocycles. The molecule has 4 aliphatic rings. The van der Waals surface area contributed by atoms with Gasteiger partial charge in [-0.05, 0) is 105 Å². The molecule has 3 fully saturated rings. The molecule has 3 heteroatoms. The molecule has 0 aromatic heterocycles. The largest absolute Gasteiger partial charge is 0.393 e.